The smallest absolute Gasteiger partial charge is 0.261 e. The topological polar surface area (TPSA) is 59.1 Å². The minimum atomic E-state index is -3.70. The molecule has 2 rings (SSSR count). The number of hydrogen-bond donors (Lipinski definition) is 1. The van der Waals surface area contributed by atoms with Crippen molar-refractivity contribution in [3.63, 3.8) is 0 Å². The molecule has 1 aromatic heterocycles. The van der Waals surface area contributed by atoms with Crippen LogP contribution >= 0.6 is 11.6 Å². The van der Waals surface area contributed by atoms with Gasteiger partial charge in [0.15, 0.2) is 0 Å². The van der Waals surface area contributed by atoms with Crippen molar-refractivity contribution in [2.24, 2.45) is 0 Å². The van der Waals surface area contributed by atoms with E-state index in [0.717, 1.165) is 17.8 Å². The van der Waals surface area contributed by atoms with E-state index in [1.165, 1.54) is 18.2 Å². The van der Waals surface area contributed by atoms with Gasteiger partial charge in [-0.15, -0.1) is 11.6 Å². The monoisotopic (exact) mass is 314 g/mol. The van der Waals surface area contributed by atoms with Crippen LogP contribution in [0.25, 0.3) is 0 Å². The summed E-state index contributed by atoms with van der Waals surface area (Å²) in [6, 6.07) is 8.81. The van der Waals surface area contributed by atoms with Crippen molar-refractivity contribution in [1.82, 2.24) is 4.98 Å². The van der Waals surface area contributed by atoms with Gasteiger partial charge in [0, 0.05) is 5.88 Å². The third-order valence-corrected chi connectivity index (χ3v) is 4.18. The molecule has 0 amide bonds. The largest absolute Gasteiger partial charge is 0.278 e. The highest BCUT2D eigenvalue weighted by atomic mass is 35.5. The van der Waals surface area contributed by atoms with Gasteiger partial charge in [-0.05, 0) is 36.2 Å². The molecule has 2 aromatic rings. The number of aromatic nitrogens is 1. The van der Waals surface area contributed by atoms with Gasteiger partial charge in [0.25, 0.3) is 10.0 Å². The molecule has 0 radical (unpaired) electrons. The number of alkyl halides is 1. The van der Waals surface area contributed by atoms with E-state index in [2.05, 4.69) is 9.71 Å². The first kappa shape index (κ1) is 14.7. The number of halogens is 2. The van der Waals surface area contributed by atoms with E-state index in [1.807, 2.05) is 0 Å². The number of nitrogens with one attached hydrogen (secondary N) is 1. The Morgan fingerprint density at radius 3 is 2.40 bits per heavy atom. The number of rotatable bonds is 5. The summed E-state index contributed by atoms with van der Waals surface area (Å²) in [7, 11) is -3.70. The van der Waals surface area contributed by atoms with E-state index in [4.69, 9.17) is 11.6 Å². The predicted octanol–water partition coefficient (Wildman–Crippen LogP) is 2.80. The normalized spacial score (nSPS) is 11.3. The molecule has 0 aliphatic rings. The highest BCUT2D eigenvalue weighted by Gasteiger charge is 2.14. The van der Waals surface area contributed by atoms with Crippen LogP contribution in [0.4, 0.5) is 10.1 Å². The molecule has 4 nitrogen and oxygen atoms in total. The van der Waals surface area contributed by atoms with Gasteiger partial charge in [-0.3, -0.25) is 4.72 Å². The summed E-state index contributed by atoms with van der Waals surface area (Å²) in [5.74, 6) is -0.190. The van der Waals surface area contributed by atoms with Crippen molar-refractivity contribution >= 4 is 27.3 Å². The Morgan fingerprint density at radius 2 is 1.85 bits per heavy atom. The first-order valence-electron chi connectivity index (χ1n) is 5.80. The van der Waals surface area contributed by atoms with Gasteiger partial charge in [0.05, 0.1) is 16.8 Å². The van der Waals surface area contributed by atoms with E-state index in [1.54, 1.807) is 12.1 Å². The molecular weight excluding hydrogens is 303 g/mol. The van der Waals surface area contributed by atoms with Gasteiger partial charge < -0.3 is 0 Å². The summed E-state index contributed by atoms with van der Waals surface area (Å²) < 4.78 is 39.2. The van der Waals surface area contributed by atoms with Gasteiger partial charge in [0.2, 0.25) is 5.95 Å². The summed E-state index contributed by atoms with van der Waals surface area (Å²) >= 11 is 5.62. The van der Waals surface area contributed by atoms with Crippen molar-refractivity contribution in [3.05, 3.63) is 54.1 Å². The van der Waals surface area contributed by atoms with Crippen LogP contribution in [0, 0.1) is 5.95 Å². The highest BCUT2D eigenvalue weighted by molar-refractivity contribution is 7.92. The average Bonchev–Trinajstić information content (AvgIpc) is 2.42. The van der Waals surface area contributed by atoms with E-state index in [0.29, 0.717) is 12.3 Å². The van der Waals surface area contributed by atoms with Crippen molar-refractivity contribution in [3.8, 4) is 0 Å². The van der Waals surface area contributed by atoms with Crippen molar-refractivity contribution in [1.29, 1.82) is 0 Å². The van der Waals surface area contributed by atoms with E-state index in [9.17, 15) is 12.8 Å². The summed E-state index contributed by atoms with van der Waals surface area (Å²) in [6.45, 7) is 0. The van der Waals surface area contributed by atoms with Gasteiger partial charge in [0.1, 0.15) is 0 Å². The van der Waals surface area contributed by atoms with Crippen molar-refractivity contribution < 1.29 is 12.8 Å². The second kappa shape index (κ2) is 6.19. The third kappa shape index (κ3) is 3.68. The summed E-state index contributed by atoms with van der Waals surface area (Å²) in [5, 5.41) is 0. The SMILES string of the molecule is O=S(=O)(Nc1ccc(F)nc1)c1ccc(CCCl)cc1. The van der Waals surface area contributed by atoms with E-state index in [-0.39, 0.29) is 10.6 Å². The molecule has 106 valence electrons. The second-order valence-corrected chi connectivity index (χ2v) is 6.12. The lowest BCUT2D eigenvalue weighted by Gasteiger charge is -2.08. The Labute approximate surface area is 121 Å². The van der Waals surface area contributed by atoms with Crippen LogP contribution in [0.15, 0.2) is 47.5 Å². The number of sulfonamides is 1. The molecule has 1 aromatic carbocycles. The van der Waals surface area contributed by atoms with Gasteiger partial charge in [-0.25, -0.2) is 13.4 Å². The molecular formula is C13H12ClFN2O2S. The minimum Gasteiger partial charge on any atom is -0.278 e. The van der Waals surface area contributed by atoms with Crippen molar-refractivity contribution in [2.45, 2.75) is 11.3 Å². The fourth-order valence-corrected chi connectivity index (χ4v) is 2.86. The molecule has 0 fully saturated rings. The highest BCUT2D eigenvalue weighted by Crippen LogP contribution is 2.16. The van der Waals surface area contributed by atoms with Crippen LogP contribution in [0.2, 0.25) is 0 Å². The molecule has 0 saturated heterocycles. The Morgan fingerprint density at radius 1 is 1.15 bits per heavy atom. The number of anilines is 1. The molecule has 0 unspecified atom stereocenters. The zero-order valence-electron chi connectivity index (χ0n) is 10.4. The molecule has 0 aliphatic carbocycles. The molecule has 0 atom stereocenters. The summed E-state index contributed by atoms with van der Waals surface area (Å²) in [4.78, 5) is 3.51. The maximum absolute atomic E-state index is 12.7. The Bertz CT molecular complexity index is 673. The maximum Gasteiger partial charge on any atom is 0.261 e. The fraction of sp³-hybridized carbons (Fsp3) is 0.154. The molecule has 0 bridgehead atoms. The number of benzene rings is 1. The molecule has 20 heavy (non-hydrogen) atoms. The van der Waals surface area contributed by atoms with Crippen LogP contribution in [0.5, 0.6) is 0 Å². The first-order chi connectivity index (χ1) is 9.51. The van der Waals surface area contributed by atoms with Crippen LogP contribution in [0.1, 0.15) is 5.56 Å². The molecule has 0 spiro atoms. The lowest BCUT2D eigenvalue weighted by molar-refractivity contribution is 0.583. The number of nitrogens with zero attached hydrogens (tertiary/aromatic N) is 1. The summed E-state index contributed by atoms with van der Waals surface area (Å²) in [6.07, 6.45) is 1.80. The van der Waals surface area contributed by atoms with Crippen LogP contribution in [0.3, 0.4) is 0 Å². The maximum atomic E-state index is 12.7. The van der Waals surface area contributed by atoms with Crippen molar-refractivity contribution in [2.75, 3.05) is 10.6 Å². The standard InChI is InChI=1S/C13H12ClFN2O2S/c14-8-7-10-1-4-12(5-2-10)20(18,19)17-11-3-6-13(15)16-9-11/h1-6,9,17H,7-8H2. The first-order valence-corrected chi connectivity index (χ1v) is 7.82. The Balaban J connectivity index is 2.19. The Hall–Kier alpha value is -1.66. The predicted molar refractivity (Wildman–Crippen MR) is 75.9 cm³/mol. The van der Waals surface area contributed by atoms with Gasteiger partial charge in [-0.2, -0.15) is 4.39 Å². The minimum absolute atomic E-state index is 0.125. The van der Waals surface area contributed by atoms with Crippen LogP contribution < -0.4 is 4.72 Å². The molecule has 0 saturated carbocycles. The quantitative estimate of drug-likeness (QED) is 0.682. The van der Waals surface area contributed by atoms with Gasteiger partial charge >= 0.3 is 0 Å². The van der Waals surface area contributed by atoms with E-state index >= 15 is 0 Å². The average molecular weight is 315 g/mol. The fourth-order valence-electron chi connectivity index (χ4n) is 1.59. The molecule has 0 aliphatic heterocycles. The second-order valence-electron chi connectivity index (χ2n) is 4.06. The number of hydrogen-bond acceptors (Lipinski definition) is 3. The lowest BCUT2D eigenvalue weighted by atomic mass is 10.2. The molecule has 1 N–H and O–H groups in total. The third-order valence-electron chi connectivity index (χ3n) is 2.60. The Kier molecular flexibility index (Phi) is 4.57. The zero-order valence-corrected chi connectivity index (χ0v) is 12.0. The number of aryl methyl sites for hydroxylation is 1. The zero-order chi connectivity index (χ0) is 14.6. The van der Waals surface area contributed by atoms with Crippen LogP contribution in [-0.4, -0.2) is 19.3 Å². The van der Waals surface area contributed by atoms with Gasteiger partial charge in [-0.1, -0.05) is 12.1 Å². The molecule has 7 heteroatoms. The lowest BCUT2D eigenvalue weighted by Crippen LogP contribution is -2.13. The molecule has 1 heterocycles. The summed E-state index contributed by atoms with van der Waals surface area (Å²) in [5.41, 5.74) is 1.17. The van der Waals surface area contributed by atoms with Crippen LogP contribution in [-0.2, 0) is 16.4 Å². The van der Waals surface area contributed by atoms with E-state index < -0.39 is 16.0 Å². The number of pyridine rings is 1.